The highest BCUT2D eigenvalue weighted by atomic mass is 35.5. The van der Waals surface area contributed by atoms with Gasteiger partial charge in [-0.1, -0.05) is 23.7 Å². The van der Waals surface area contributed by atoms with Crippen LogP contribution in [0, 0.1) is 6.92 Å². The molecule has 7 heteroatoms. The van der Waals surface area contributed by atoms with Crippen LogP contribution in [0.15, 0.2) is 24.3 Å². The van der Waals surface area contributed by atoms with E-state index in [1.807, 2.05) is 19.1 Å². The van der Waals surface area contributed by atoms with Crippen molar-refractivity contribution in [2.45, 2.75) is 32.2 Å². The third-order valence-corrected chi connectivity index (χ3v) is 4.50. The van der Waals surface area contributed by atoms with Gasteiger partial charge >= 0.3 is 5.97 Å². The molecule has 0 aliphatic carbocycles. The third kappa shape index (κ3) is 5.32. The first kappa shape index (κ1) is 19.0. The van der Waals surface area contributed by atoms with Crippen LogP contribution >= 0.6 is 11.6 Å². The van der Waals surface area contributed by atoms with Crippen molar-refractivity contribution in [1.29, 1.82) is 0 Å². The minimum absolute atomic E-state index is 0.413. The van der Waals surface area contributed by atoms with Gasteiger partial charge < -0.3 is 15.4 Å². The fraction of sp³-hybridized carbons (Fsp3) is 0.389. The maximum absolute atomic E-state index is 12.2. The van der Waals surface area contributed by atoms with Crippen molar-refractivity contribution < 1.29 is 19.1 Å². The van der Waals surface area contributed by atoms with Crippen molar-refractivity contribution in [3.8, 4) is 0 Å². The molecule has 0 unspecified atom stereocenters. The number of amides is 2. The van der Waals surface area contributed by atoms with Crippen LogP contribution in [0.2, 0.25) is 5.02 Å². The molecule has 0 radical (unpaired) electrons. The molecule has 2 N–H and O–H groups in total. The summed E-state index contributed by atoms with van der Waals surface area (Å²) >= 11 is 6.02. The molecule has 2 rings (SSSR count). The number of carbonyl (C=O) groups excluding carboxylic acids is 3. The van der Waals surface area contributed by atoms with E-state index >= 15 is 0 Å². The lowest BCUT2D eigenvalue weighted by atomic mass is 10.0. The number of rotatable bonds is 5. The van der Waals surface area contributed by atoms with Gasteiger partial charge in [-0.3, -0.25) is 9.59 Å². The molecule has 6 nitrogen and oxygen atoms in total. The molecule has 0 saturated carbocycles. The first-order valence-corrected chi connectivity index (χ1v) is 8.46. The first-order valence-electron chi connectivity index (χ1n) is 8.08. The predicted octanol–water partition coefficient (Wildman–Crippen LogP) is 2.07. The summed E-state index contributed by atoms with van der Waals surface area (Å²) in [5.41, 5.74) is 7.02. The van der Waals surface area contributed by atoms with Crippen LogP contribution in [-0.4, -0.2) is 41.9 Å². The summed E-state index contributed by atoms with van der Waals surface area (Å²) < 4.78 is 4.96. The van der Waals surface area contributed by atoms with Crippen molar-refractivity contribution in [3.63, 3.8) is 0 Å². The van der Waals surface area contributed by atoms with Crippen molar-refractivity contribution >= 4 is 35.5 Å². The summed E-state index contributed by atoms with van der Waals surface area (Å²) in [7, 11) is 0. The highest BCUT2D eigenvalue weighted by Gasteiger charge is 2.30. The number of aryl methyl sites for hydroxylation is 1. The fourth-order valence-electron chi connectivity index (χ4n) is 2.67. The summed E-state index contributed by atoms with van der Waals surface area (Å²) in [4.78, 5) is 36.7. The van der Waals surface area contributed by atoms with Crippen LogP contribution in [0.5, 0.6) is 0 Å². The molecule has 1 aliphatic rings. The Hall–Kier alpha value is -2.34. The van der Waals surface area contributed by atoms with Gasteiger partial charge in [0.25, 0.3) is 5.91 Å². The minimum atomic E-state index is -0.641. The van der Waals surface area contributed by atoms with Gasteiger partial charge in [0.05, 0.1) is 0 Å². The smallest absolute Gasteiger partial charge is 0.331 e. The Bertz CT molecular complexity index is 702. The van der Waals surface area contributed by atoms with E-state index in [-0.39, 0.29) is 0 Å². The summed E-state index contributed by atoms with van der Waals surface area (Å²) in [5.74, 6) is -1.59. The second-order valence-corrected chi connectivity index (χ2v) is 6.36. The molecule has 1 atom stereocenters. The minimum Gasteiger partial charge on any atom is -0.452 e. The summed E-state index contributed by atoms with van der Waals surface area (Å²) in [6.07, 6.45) is 4.99. The number of hydrogen-bond donors (Lipinski definition) is 1. The van der Waals surface area contributed by atoms with Crippen molar-refractivity contribution in [2.75, 3.05) is 13.2 Å². The molecule has 134 valence electrons. The largest absolute Gasteiger partial charge is 0.452 e. The third-order valence-electron chi connectivity index (χ3n) is 4.10. The number of nitrogens with two attached hydrogens (primary N) is 1. The molecule has 0 aromatic heterocycles. The second-order valence-electron chi connectivity index (χ2n) is 5.95. The summed E-state index contributed by atoms with van der Waals surface area (Å²) in [5, 5.41) is 0.605. The molecule has 0 spiro atoms. The Morgan fingerprint density at radius 1 is 1.36 bits per heavy atom. The Labute approximate surface area is 151 Å². The van der Waals surface area contributed by atoms with Gasteiger partial charge in [0.2, 0.25) is 5.91 Å². The molecule has 1 aromatic carbocycles. The molecule has 1 heterocycles. The van der Waals surface area contributed by atoms with Gasteiger partial charge in [-0.25, -0.2) is 4.79 Å². The summed E-state index contributed by atoms with van der Waals surface area (Å²) in [6, 6.07) is 4.78. The Morgan fingerprint density at radius 2 is 2.12 bits per heavy atom. The normalized spacial score (nSPS) is 17.5. The van der Waals surface area contributed by atoms with Crippen LogP contribution in [0.4, 0.5) is 0 Å². The van der Waals surface area contributed by atoms with Crippen LogP contribution in [-0.2, 0) is 19.1 Å². The standard InChI is InChI=1S/C18H21ClN2O4/c1-12-5-6-13(10-14(12)19)7-8-17(23)25-11-16(22)21-9-3-2-4-15(21)18(20)24/h5-8,10,15H,2-4,9,11H2,1H3,(H2,20,24)/b8-7+/t15-/m0/s1. The Balaban J connectivity index is 1.88. The number of halogens is 1. The highest BCUT2D eigenvalue weighted by molar-refractivity contribution is 6.31. The molecular formula is C18H21ClN2O4. The van der Waals surface area contributed by atoms with E-state index in [0.717, 1.165) is 24.0 Å². The van der Waals surface area contributed by atoms with Crippen LogP contribution in [0.1, 0.15) is 30.4 Å². The SMILES string of the molecule is Cc1ccc(/C=C/C(=O)OCC(=O)N2CCCC[C@H]2C(N)=O)cc1Cl. The van der Waals surface area contributed by atoms with Crippen molar-refractivity contribution in [2.24, 2.45) is 5.73 Å². The maximum Gasteiger partial charge on any atom is 0.331 e. The number of nitrogens with zero attached hydrogens (tertiary/aromatic N) is 1. The van der Waals surface area contributed by atoms with Crippen molar-refractivity contribution in [1.82, 2.24) is 4.90 Å². The lowest BCUT2D eigenvalue weighted by Crippen LogP contribution is -2.51. The van der Waals surface area contributed by atoms with Crippen LogP contribution in [0.25, 0.3) is 6.08 Å². The van der Waals surface area contributed by atoms with E-state index in [4.69, 9.17) is 22.1 Å². The molecule has 1 saturated heterocycles. The zero-order chi connectivity index (χ0) is 18.4. The molecule has 1 aromatic rings. The second kappa shape index (κ2) is 8.67. The number of benzene rings is 1. The maximum atomic E-state index is 12.2. The average molecular weight is 365 g/mol. The van der Waals surface area contributed by atoms with Gasteiger partial charge in [-0.15, -0.1) is 0 Å². The van der Waals surface area contributed by atoms with E-state index in [9.17, 15) is 14.4 Å². The highest BCUT2D eigenvalue weighted by Crippen LogP contribution is 2.18. The van der Waals surface area contributed by atoms with Crippen LogP contribution in [0.3, 0.4) is 0 Å². The predicted molar refractivity (Wildman–Crippen MR) is 94.7 cm³/mol. The van der Waals surface area contributed by atoms with E-state index in [2.05, 4.69) is 0 Å². The topological polar surface area (TPSA) is 89.7 Å². The van der Waals surface area contributed by atoms with Gasteiger partial charge in [-0.2, -0.15) is 0 Å². The lowest BCUT2D eigenvalue weighted by Gasteiger charge is -2.33. The average Bonchev–Trinajstić information content (AvgIpc) is 2.60. The van der Waals surface area contributed by atoms with E-state index in [1.54, 1.807) is 12.1 Å². The van der Waals surface area contributed by atoms with Crippen LogP contribution < -0.4 is 5.73 Å². The Morgan fingerprint density at radius 3 is 2.80 bits per heavy atom. The number of esters is 1. The molecule has 0 bridgehead atoms. The number of hydrogen-bond acceptors (Lipinski definition) is 4. The molecule has 2 amide bonds. The fourth-order valence-corrected chi connectivity index (χ4v) is 2.86. The molecule has 25 heavy (non-hydrogen) atoms. The van der Waals surface area contributed by atoms with E-state index < -0.39 is 30.4 Å². The van der Waals surface area contributed by atoms with Gasteiger partial charge in [0.1, 0.15) is 6.04 Å². The van der Waals surface area contributed by atoms with Gasteiger partial charge in [0.15, 0.2) is 6.61 Å². The zero-order valence-electron chi connectivity index (χ0n) is 14.0. The zero-order valence-corrected chi connectivity index (χ0v) is 14.8. The molecular weight excluding hydrogens is 344 g/mol. The van der Waals surface area contributed by atoms with E-state index in [1.165, 1.54) is 11.0 Å². The van der Waals surface area contributed by atoms with Gasteiger partial charge in [0, 0.05) is 17.6 Å². The number of primary amides is 1. The molecule has 1 fully saturated rings. The van der Waals surface area contributed by atoms with Crippen molar-refractivity contribution in [3.05, 3.63) is 40.4 Å². The number of ether oxygens (including phenoxy) is 1. The van der Waals surface area contributed by atoms with E-state index in [0.29, 0.717) is 18.0 Å². The first-order chi connectivity index (χ1) is 11.9. The monoisotopic (exact) mass is 364 g/mol. The quantitative estimate of drug-likeness (QED) is 0.639. The van der Waals surface area contributed by atoms with Gasteiger partial charge in [-0.05, 0) is 49.5 Å². The number of piperidine rings is 1. The number of carbonyl (C=O) groups is 3. The molecule has 1 aliphatic heterocycles. The number of likely N-dealkylation sites (tertiary alicyclic amines) is 1. The Kier molecular flexibility index (Phi) is 6.58. The lowest BCUT2D eigenvalue weighted by molar-refractivity contribution is -0.151. The summed E-state index contributed by atoms with van der Waals surface area (Å²) in [6.45, 7) is 1.92.